The van der Waals surface area contributed by atoms with Crippen molar-refractivity contribution in [3.63, 3.8) is 0 Å². The van der Waals surface area contributed by atoms with Gasteiger partial charge in [0.1, 0.15) is 5.82 Å². The number of nitrogens with one attached hydrogen (secondary N) is 1. The van der Waals surface area contributed by atoms with E-state index in [0.29, 0.717) is 10.5 Å². The second-order valence-electron chi connectivity index (χ2n) is 4.41. The van der Waals surface area contributed by atoms with E-state index >= 15 is 0 Å². The molecule has 5 heteroatoms. The number of hydrogen-bond donors (Lipinski definition) is 1. The van der Waals surface area contributed by atoms with Crippen molar-refractivity contribution in [1.82, 2.24) is 15.3 Å². The van der Waals surface area contributed by atoms with Gasteiger partial charge in [0.05, 0.1) is 10.9 Å². The third-order valence-corrected chi connectivity index (χ3v) is 6.53. The number of thioether (sulfide) groups is 2. The van der Waals surface area contributed by atoms with E-state index in [4.69, 9.17) is 4.98 Å². The maximum absolute atomic E-state index is 4.77. The molecule has 0 bridgehead atoms. The number of aromatic nitrogens is 2. The van der Waals surface area contributed by atoms with E-state index in [1.807, 2.05) is 18.0 Å². The summed E-state index contributed by atoms with van der Waals surface area (Å²) in [4.78, 5) is 9.35. The molecule has 17 heavy (non-hydrogen) atoms. The van der Waals surface area contributed by atoms with Gasteiger partial charge in [-0.2, -0.15) is 11.8 Å². The van der Waals surface area contributed by atoms with E-state index in [1.54, 1.807) is 0 Å². The van der Waals surface area contributed by atoms with Crippen LogP contribution in [0, 0.1) is 0 Å². The van der Waals surface area contributed by atoms with Crippen molar-refractivity contribution in [3.8, 4) is 0 Å². The van der Waals surface area contributed by atoms with Crippen LogP contribution in [0.3, 0.4) is 0 Å². The molecule has 3 rings (SSSR count). The lowest BCUT2D eigenvalue weighted by atomic mass is 10.2. The fourth-order valence-electron chi connectivity index (χ4n) is 2.35. The van der Waals surface area contributed by atoms with Crippen molar-refractivity contribution in [1.29, 1.82) is 0 Å². The quantitative estimate of drug-likeness (QED) is 0.890. The van der Waals surface area contributed by atoms with Crippen LogP contribution in [0.2, 0.25) is 0 Å². The Morgan fingerprint density at radius 1 is 1.35 bits per heavy atom. The first-order valence-electron chi connectivity index (χ1n) is 6.17. The van der Waals surface area contributed by atoms with Crippen molar-refractivity contribution in [2.75, 3.05) is 11.5 Å². The van der Waals surface area contributed by atoms with Gasteiger partial charge < -0.3 is 5.32 Å². The zero-order valence-electron chi connectivity index (χ0n) is 9.98. The molecule has 0 radical (unpaired) electrons. The Morgan fingerprint density at radius 3 is 3.12 bits per heavy atom. The third kappa shape index (κ3) is 2.33. The Labute approximate surface area is 111 Å². The highest BCUT2D eigenvalue weighted by Crippen LogP contribution is 2.42. The second kappa shape index (κ2) is 5.16. The number of rotatable bonds is 2. The van der Waals surface area contributed by atoms with Crippen molar-refractivity contribution in [2.24, 2.45) is 0 Å². The van der Waals surface area contributed by atoms with Crippen molar-refractivity contribution in [2.45, 2.75) is 36.9 Å². The monoisotopic (exact) mass is 267 g/mol. The van der Waals surface area contributed by atoms with Gasteiger partial charge in [0.25, 0.3) is 0 Å². The van der Waals surface area contributed by atoms with E-state index < -0.39 is 0 Å². The molecule has 1 aromatic rings. The Balaban J connectivity index is 1.87. The molecule has 2 atom stereocenters. The van der Waals surface area contributed by atoms with Gasteiger partial charge in [0.2, 0.25) is 0 Å². The summed E-state index contributed by atoms with van der Waals surface area (Å²) < 4.78 is 0. The molecule has 0 amide bonds. The highest BCUT2D eigenvalue weighted by Gasteiger charge is 2.29. The summed E-state index contributed by atoms with van der Waals surface area (Å²) in [5.74, 6) is 3.55. The molecule has 0 aromatic carbocycles. The van der Waals surface area contributed by atoms with Gasteiger partial charge >= 0.3 is 0 Å². The Bertz CT molecular complexity index is 411. The third-order valence-electron chi connectivity index (χ3n) is 3.29. The van der Waals surface area contributed by atoms with Crippen LogP contribution in [-0.2, 0) is 13.1 Å². The van der Waals surface area contributed by atoms with Crippen molar-refractivity contribution < 1.29 is 0 Å². The normalized spacial score (nSPS) is 28.1. The predicted molar refractivity (Wildman–Crippen MR) is 74.3 cm³/mol. The first kappa shape index (κ1) is 11.8. The predicted octanol–water partition coefficient (Wildman–Crippen LogP) is 2.38. The van der Waals surface area contributed by atoms with E-state index in [0.717, 1.165) is 18.9 Å². The van der Waals surface area contributed by atoms with Gasteiger partial charge in [-0.1, -0.05) is 6.92 Å². The zero-order valence-corrected chi connectivity index (χ0v) is 11.6. The number of hydrogen-bond acceptors (Lipinski definition) is 5. The first-order chi connectivity index (χ1) is 8.38. The van der Waals surface area contributed by atoms with E-state index in [1.165, 1.54) is 29.2 Å². The fourth-order valence-corrected chi connectivity index (χ4v) is 5.35. The summed E-state index contributed by atoms with van der Waals surface area (Å²) in [5.41, 5.74) is 2.48. The Morgan fingerprint density at radius 2 is 2.24 bits per heavy atom. The highest BCUT2D eigenvalue weighted by atomic mass is 32.2. The summed E-state index contributed by atoms with van der Waals surface area (Å²) in [6.45, 7) is 4.11. The van der Waals surface area contributed by atoms with Crippen LogP contribution in [0.4, 0.5) is 0 Å². The molecule has 1 N–H and O–H groups in total. The molecule has 92 valence electrons. The molecule has 1 aromatic heterocycles. The van der Waals surface area contributed by atoms with E-state index in [2.05, 4.69) is 29.0 Å². The summed E-state index contributed by atoms with van der Waals surface area (Å²) in [5, 5.41) is 4.50. The molecule has 0 saturated carbocycles. The van der Waals surface area contributed by atoms with Gasteiger partial charge in [0.15, 0.2) is 0 Å². The minimum Gasteiger partial charge on any atom is -0.307 e. The standard InChI is InChI=1S/C12H17N3S2/c1-2-10-11(17-4-3-16-10)12-14-6-8-5-13-7-9(8)15-12/h6,10-11,13H,2-5,7H2,1H3. The molecular weight excluding hydrogens is 250 g/mol. The smallest absolute Gasteiger partial charge is 0.142 e. The topological polar surface area (TPSA) is 37.8 Å². The fraction of sp³-hybridized carbons (Fsp3) is 0.667. The zero-order chi connectivity index (χ0) is 11.7. The van der Waals surface area contributed by atoms with Crippen LogP contribution in [-0.4, -0.2) is 26.7 Å². The van der Waals surface area contributed by atoms with Gasteiger partial charge in [-0.15, -0.1) is 11.8 Å². The lowest BCUT2D eigenvalue weighted by molar-refractivity contribution is 0.733. The molecule has 0 aliphatic carbocycles. The minimum atomic E-state index is 0.490. The Hall–Kier alpha value is -0.260. The summed E-state index contributed by atoms with van der Waals surface area (Å²) >= 11 is 4.11. The SMILES string of the molecule is CCC1SCCSC1c1ncc2c(n1)CNC2. The van der Waals surface area contributed by atoms with E-state index in [-0.39, 0.29) is 0 Å². The molecule has 0 spiro atoms. The molecule has 2 aliphatic rings. The second-order valence-corrected chi connectivity index (χ2v) is 7.01. The summed E-state index contributed by atoms with van der Waals surface area (Å²) in [7, 11) is 0. The molecule has 3 nitrogen and oxygen atoms in total. The van der Waals surface area contributed by atoms with Crippen LogP contribution in [0.1, 0.15) is 35.7 Å². The number of fused-ring (bicyclic) bond motifs is 1. The van der Waals surface area contributed by atoms with Gasteiger partial charge in [-0.3, -0.25) is 0 Å². The lowest BCUT2D eigenvalue weighted by Gasteiger charge is -2.28. The highest BCUT2D eigenvalue weighted by molar-refractivity contribution is 8.06. The van der Waals surface area contributed by atoms with Gasteiger partial charge in [-0.05, 0) is 6.42 Å². The molecule has 1 fully saturated rings. The Kier molecular flexibility index (Phi) is 3.59. The largest absolute Gasteiger partial charge is 0.307 e. The van der Waals surface area contributed by atoms with Crippen LogP contribution in [0.5, 0.6) is 0 Å². The van der Waals surface area contributed by atoms with Crippen molar-refractivity contribution in [3.05, 3.63) is 23.3 Å². The minimum absolute atomic E-state index is 0.490. The van der Waals surface area contributed by atoms with Crippen molar-refractivity contribution >= 4 is 23.5 Å². The first-order valence-corrected chi connectivity index (χ1v) is 8.27. The average molecular weight is 267 g/mol. The van der Waals surface area contributed by atoms with Crippen LogP contribution >= 0.6 is 23.5 Å². The molecule has 2 aliphatic heterocycles. The van der Waals surface area contributed by atoms with Gasteiger partial charge in [0, 0.05) is 41.6 Å². The molecule has 2 unspecified atom stereocenters. The molecular formula is C12H17N3S2. The summed E-state index contributed by atoms with van der Waals surface area (Å²) in [6, 6.07) is 0. The summed E-state index contributed by atoms with van der Waals surface area (Å²) in [6.07, 6.45) is 3.23. The average Bonchev–Trinajstić information content (AvgIpc) is 2.85. The molecule has 3 heterocycles. The van der Waals surface area contributed by atoms with Crippen LogP contribution < -0.4 is 5.32 Å². The maximum Gasteiger partial charge on any atom is 0.142 e. The van der Waals surface area contributed by atoms with Crippen LogP contribution in [0.25, 0.3) is 0 Å². The molecule has 1 saturated heterocycles. The number of nitrogens with zero attached hydrogens (tertiary/aromatic N) is 2. The lowest BCUT2D eigenvalue weighted by Crippen LogP contribution is -2.20. The van der Waals surface area contributed by atoms with Crippen LogP contribution in [0.15, 0.2) is 6.20 Å². The van der Waals surface area contributed by atoms with Gasteiger partial charge in [-0.25, -0.2) is 9.97 Å². The maximum atomic E-state index is 4.77. The van der Waals surface area contributed by atoms with E-state index in [9.17, 15) is 0 Å².